The Morgan fingerprint density at radius 2 is 1.89 bits per heavy atom. The van der Waals surface area contributed by atoms with Crippen LogP contribution in [0.1, 0.15) is 24.1 Å². The van der Waals surface area contributed by atoms with Crippen molar-refractivity contribution < 1.29 is 27.5 Å². The number of hydrogen-bond acceptors (Lipinski definition) is 6. The summed E-state index contributed by atoms with van der Waals surface area (Å²) < 4.78 is 58.3. The predicted molar refractivity (Wildman–Crippen MR) is 121 cm³/mol. The number of nitrogens with zero attached hydrogens (tertiary/aromatic N) is 4. The molecule has 0 bridgehead atoms. The number of carbonyl (C=O) groups is 1. The minimum absolute atomic E-state index is 0.0489. The SMILES string of the molecule is CC(C(=O)NNc1cnccn1)n1cc(-c2cc(F)cc3c2-c2ccccc2C3(O)C(F)(F)F)cn1. The summed E-state index contributed by atoms with van der Waals surface area (Å²) in [6, 6.07) is 6.47. The van der Waals surface area contributed by atoms with Gasteiger partial charge in [0.05, 0.1) is 12.4 Å². The van der Waals surface area contributed by atoms with Gasteiger partial charge >= 0.3 is 6.18 Å². The summed E-state index contributed by atoms with van der Waals surface area (Å²) in [5.74, 6) is -1.13. The van der Waals surface area contributed by atoms with Crippen molar-refractivity contribution in [1.82, 2.24) is 25.2 Å². The van der Waals surface area contributed by atoms with E-state index in [2.05, 4.69) is 25.9 Å². The van der Waals surface area contributed by atoms with Gasteiger partial charge in [-0.3, -0.25) is 25.3 Å². The molecule has 1 amide bonds. The number of fused-ring (bicyclic) bond motifs is 3. The van der Waals surface area contributed by atoms with E-state index < -0.39 is 35.1 Å². The fourth-order valence-corrected chi connectivity index (χ4v) is 4.28. The smallest absolute Gasteiger partial charge is 0.372 e. The average molecular weight is 498 g/mol. The van der Waals surface area contributed by atoms with Crippen molar-refractivity contribution in [3.05, 3.63) is 84.3 Å². The molecule has 3 N–H and O–H groups in total. The van der Waals surface area contributed by atoms with Gasteiger partial charge < -0.3 is 5.11 Å². The van der Waals surface area contributed by atoms with Crippen LogP contribution in [-0.4, -0.2) is 36.9 Å². The lowest BCUT2D eigenvalue weighted by atomic mass is 9.89. The zero-order valence-corrected chi connectivity index (χ0v) is 18.6. The number of anilines is 1. The Morgan fingerprint density at radius 3 is 2.61 bits per heavy atom. The monoisotopic (exact) mass is 498 g/mol. The molecular formula is C24H18F4N6O2. The van der Waals surface area contributed by atoms with Crippen molar-refractivity contribution in [2.24, 2.45) is 0 Å². The maximum absolute atomic E-state index is 14.6. The van der Waals surface area contributed by atoms with Crippen molar-refractivity contribution in [3.63, 3.8) is 0 Å². The fourth-order valence-electron chi connectivity index (χ4n) is 4.28. The second kappa shape index (κ2) is 8.41. The molecule has 0 radical (unpaired) electrons. The molecule has 2 aromatic heterocycles. The number of amides is 1. The summed E-state index contributed by atoms with van der Waals surface area (Å²) in [5, 5.41) is 15.0. The van der Waals surface area contributed by atoms with E-state index in [4.69, 9.17) is 0 Å². The largest absolute Gasteiger partial charge is 0.425 e. The zero-order valence-electron chi connectivity index (χ0n) is 18.6. The summed E-state index contributed by atoms with van der Waals surface area (Å²) in [5.41, 5.74) is 1.29. The molecule has 2 aromatic carbocycles. The van der Waals surface area contributed by atoms with E-state index in [1.165, 1.54) is 59.9 Å². The number of aliphatic hydroxyl groups is 1. The van der Waals surface area contributed by atoms with Crippen LogP contribution in [0, 0.1) is 5.82 Å². The second-order valence-corrected chi connectivity index (χ2v) is 8.22. The van der Waals surface area contributed by atoms with Gasteiger partial charge in [0, 0.05) is 35.3 Å². The van der Waals surface area contributed by atoms with E-state index >= 15 is 0 Å². The van der Waals surface area contributed by atoms with Gasteiger partial charge in [-0.1, -0.05) is 24.3 Å². The van der Waals surface area contributed by atoms with Crippen LogP contribution in [0.25, 0.3) is 22.3 Å². The molecule has 36 heavy (non-hydrogen) atoms. The molecule has 0 saturated heterocycles. The average Bonchev–Trinajstić information content (AvgIpc) is 3.45. The summed E-state index contributed by atoms with van der Waals surface area (Å²) in [7, 11) is 0. The molecule has 0 fully saturated rings. The number of rotatable bonds is 5. The molecule has 1 aliphatic rings. The van der Waals surface area contributed by atoms with E-state index in [0.29, 0.717) is 11.9 Å². The number of hydrogen-bond donors (Lipinski definition) is 3. The quantitative estimate of drug-likeness (QED) is 0.284. The molecule has 12 heteroatoms. The molecule has 4 aromatic rings. The van der Waals surface area contributed by atoms with Crippen LogP contribution in [0.4, 0.5) is 23.4 Å². The van der Waals surface area contributed by atoms with E-state index in [0.717, 1.165) is 6.07 Å². The van der Waals surface area contributed by atoms with Crippen LogP contribution >= 0.6 is 0 Å². The van der Waals surface area contributed by atoms with Gasteiger partial charge in [-0.05, 0) is 35.7 Å². The van der Waals surface area contributed by atoms with Crippen LogP contribution in [0.3, 0.4) is 0 Å². The Bertz CT molecular complexity index is 1460. The summed E-state index contributed by atoms with van der Waals surface area (Å²) in [6.07, 6.45) is 1.97. The van der Waals surface area contributed by atoms with Gasteiger partial charge in [-0.25, -0.2) is 9.37 Å². The van der Waals surface area contributed by atoms with Crippen LogP contribution in [0.15, 0.2) is 67.4 Å². The number of alkyl halides is 3. The van der Waals surface area contributed by atoms with Gasteiger partial charge in [-0.15, -0.1) is 0 Å². The van der Waals surface area contributed by atoms with Crippen LogP contribution in [-0.2, 0) is 10.4 Å². The Labute approximate surface area is 201 Å². The highest BCUT2D eigenvalue weighted by molar-refractivity contribution is 5.92. The van der Waals surface area contributed by atoms with E-state index in [9.17, 15) is 27.5 Å². The lowest BCUT2D eigenvalue weighted by Gasteiger charge is -2.28. The Morgan fingerprint density at radius 1 is 1.11 bits per heavy atom. The van der Waals surface area contributed by atoms with Crippen LogP contribution < -0.4 is 10.9 Å². The van der Waals surface area contributed by atoms with Crippen LogP contribution in [0.5, 0.6) is 0 Å². The second-order valence-electron chi connectivity index (χ2n) is 8.22. The van der Waals surface area contributed by atoms with Gasteiger partial charge in [-0.2, -0.15) is 18.3 Å². The molecule has 2 heterocycles. The fraction of sp³-hybridized carbons (Fsp3) is 0.167. The lowest BCUT2D eigenvalue weighted by Crippen LogP contribution is -2.41. The summed E-state index contributed by atoms with van der Waals surface area (Å²) >= 11 is 0. The first-order chi connectivity index (χ1) is 17.1. The molecule has 184 valence electrons. The molecule has 2 atom stereocenters. The third-order valence-corrected chi connectivity index (χ3v) is 6.06. The van der Waals surface area contributed by atoms with Crippen molar-refractivity contribution in [1.29, 1.82) is 0 Å². The molecule has 0 aliphatic heterocycles. The molecule has 2 unspecified atom stereocenters. The number of benzene rings is 2. The highest BCUT2D eigenvalue weighted by Gasteiger charge is 2.61. The number of halogens is 4. The first-order valence-corrected chi connectivity index (χ1v) is 10.7. The Kier molecular flexibility index (Phi) is 5.47. The number of nitrogens with one attached hydrogen (secondary N) is 2. The van der Waals surface area contributed by atoms with E-state index in [1.54, 1.807) is 6.92 Å². The maximum Gasteiger partial charge on any atom is 0.425 e. The molecule has 0 saturated carbocycles. The number of aromatic nitrogens is 4. The zero-order chi connectivity index (χ0) is 25.7. The van der Waals surface area contributed by atoms with E-state index in [-0.39, 0.29) is 27.8 Å². The third-order valence-electron chi connectivity index (χ3n) is 6.06. The normalized spacial score (nSPS) is 17.3. The topological polar surface area (TPSA) is 105 Å². The third kappa shape index (κ3) is 3.66. The summed E-state index contributed by atoms with van der Waals surface area (Å²) in [4.78, 5) is 20.4. The van der Waals surface area contributed by atoms with Gasteiger partial charge in [0.15, 0.2) is 5.82 Å². The molecular weight excluding hydrogens is 480 g/mol. The standard InChI is InChI=1S/C24H18F4N6O2/c1-13(22(35)33-32-20-11-29-6-7-30-20)34-12-14(10-31-34)17-8-15(25)9-19-21(17)16-4-2-3-5-18(16)23(19,36)24(26,27)28/h2-13,36H,1H3,(H,30,32)(H,33,35). The lowest BCUT2D eigenvalue weighted by molar-refractivity contribution is -0.246. The minimum Gasteiger partial charge on any atom is -0.372 e. The van der Waals surface area contributed by atoms with Crippen molar-refractivity contribution in [2.75, 3.05) is 5.43 Å². The molecule has 5 rings (SSSR count). The van der Waals surface area contributed by atoms with Crippen molar-refractivity contribution in [3.8, 4) is 22.3 Å². The molecule has 0 spiro atoms. The number of hydrazine groups is 1. The van der Waals surface area contributed by atoms with Gasteiger partial charge in [0.1, 0.15) is 11.9 Å². The number of carbonyl (C=O) groups excluding carboxylic acids is 1. The van der Waals surface area contributed by atoms with Gasteiger partial charge in [0.2, 0.25) is 5.60 Å². The van der Waals surface area contributed by atoms with Crippen molar-refractivity contribution in [2.45, 2.75) is 24.7 Å². The molecule has 8 nitrogen and oxygen atoms in total. The minimum atomic E-state index is -5.09. The highest BCUT2D eigenvalue weighted by atomic mass is 19.4. The molecule has 1 aliphatic carbocycles. The Hall–Kier alpha value is -4.32. The highest BCUT2D eigenvalue weighted by Crippen LogP contribution is 2.57. The van der Waals surface area contributed by atoms with E-state index in [1.807, 2.05) is 0 Å². The Balaban J connectivity index is 1.52. The maximum atomic E-state index is 14.6. The van der Waals surface area contributed by atoms with Gasteiger partial charge in [0.25, 0.3) is 5.91 Å². The predicted octanol–water partition coefficient (Wildman–Crippen LogP) is 3.96. The first-order valence-electron chi connectivity index (χ1n) is 10.7. The van der Waals surface area contributed by atoms with Crippen molar-refractivity contribution >= 4 is 11.7 Å². The first kappa shape index (κ1) is 23.4. The van der Waals surface area contributed by atoms with Crippen LogP contribution in [0.2, 0.25) is 0 Å². The summed E-state index contributed by atoms with van der Waals surface area (Å²) in [6.45, 7) is 1.55.